The van der Waals surface area contributed by atoms with Gasteiger partial charge in [-0.05, 0) is 69.1 Å². The first-order valence-corrected chi connectivity index (χ1v) is 23.2. The number of nitrogens with zero attached hydrogens (tertiary/aromatic N) is 1. The summed E-state index contributed by atoms with van der Waals surface area (Å²) in [4.78, 5) is 14.4. The maximum Gasteiger partial charge on any atom is 0.316 e. The summed E-state index contributed by atoms with van der Waals surface area (Å²) in [6.45, 7) is 16.2. The standard InChI is InChI=1S/C48H73NO14/c1-11-25(2)43-28(5)17-18-47(63-43)23-34-20-33(62-47)16-15-27(4)42(60-39-22-37(55-10)44(31(8)58-39)61-38-21-36(54-9)41(50)30(7)57-38)26(3)13-12-14-32-24-56-45-40(49-53)29(6)19-35(46(51)59-34)48(32,45)52/h12-15,19,25-26,28,30-31,33-39,41-45,50,52-53H,11,16-18,20-24H2,1-10H3/b13-12+,27-15+,32-14+,49-40+. The van der Waals surface area contributed by atoms with Crippen molar-refractivity contribution >= 4 is 11.7 Å². The molecule has 0 aromatic carbocycles. The van der Waals surface area contributed by atoms with Crippen LogP contribution in [0.3, 0.4) is 0 Å². The lowest BCUT2D eigenvalue weighted by atomic mass is 9.71. The van der Waals surface area contributed by atoms with Crippen LogP contribution in [-0.2, 0) is 52.2 Å². The average Bonchev–Trinajstić information content (AvgIpc) is 3.59. The number of fused-ring (bicyclic) bond motifs is 2. The Morgan fingerprint density at radius 2 is 1.68 bits per heavy atom. The first kappa shape index (κ1) is 48.4. The van der Waals surface area contributed by atoms with E-state index in [1.165, 1.54) is 0 Å². The van der Waals surface area contributed by atoms with Gasteiger partial charge in [0.05, 0.1) is 49.3 Å². The topological polar surface area (TPSA) is 182 Å². The Bertz CT molecular complexity index is 1760. The van der Waals surface area contributed by atoms with Gasteiger partial charge in [-0.15, -0.1) is 0 Å². The highest BCUT2D eigenvalue weighted by Crippen LogP contribution is 2.47. The van der Waals surface area contributed by atoms with Gasteiger partial charge in [0, 0.05) is 52.2 Å². The van der Waals surface area contributed by atoms with Crippen molar-refractivity contribution in [2.75, 3.05) is 20.8 Å². The third-order valence-corrected chi connectivity index (χ3v) is 14.9. The van der Waals surface area contributed by atoms with Gasteiger partial charge in [-0.2, -0.15) is 0 Å². The van der Waals surface area contributed by atoms with E-state index in [1.54, 1.807) is 40.2 Å². The molecule has 19 unspecified atom stereocenters. The third kappa shape index (κ3) is 9.95. The molecule has 3 N–H and O–H groups in total. The van der Waals surface area contributed by atoms with Crippen molar-refractivity contribution in [2.45, 2.75) is 198 Å². The zero-order valence-electron chi connectivity index (χ0n) is 38.8. The second-order valence-corrected chi connectivity index (χ2v) is 19.3. The molecule has 6 aliphatic heterocycles. The number of hydrogen-bond donors (Lipinski definition) is 3. The molecule has 15 heteroatoms. The summed E-state index contributed by atoms with van der Waals surface area (Å²) in [6, 6.07) is 0. The number of esters is 1. The molecule has 1 aliphatic carbocycles. The minimum absolute atomic E-state index is 0.0150. The number of methoxy groups -OCH3 is 2. The number of allylic oxidation sites excluding steroid dienone is 2. The number of aliphatic hydroxyl groups is 2. The Hall–Kier alpha value is -2.54. The van der Waals surface area contributed by atoms with Gasteiger partial charge in [-0.25, -0.2) is 0 Å². The lowest BCUT2D eigenvalue weighted by molar-refractivity contribution is -0.340. The quantitative estimate of drug-likeness (QED) is 0.111. The second kappa shape index (κ2) is 20.1. The van der Waals surface area contributed by atoms with Gasteiger partial charge in [-0.1, -0.05) is 69.7 Å². The van der Waals surface area contributed by atoms with Crippen LogP contribution >= 0.6 is 0 Å². The maximum absolute atomic E-state index is 14.4. The molecular formula is C48H73NO14. The van der Waals surface area contributed by atoms with E-state index < -0.39 is 84.7 Å². The maximum atomic E-state index is 14.4. The van der Waals surface area contributed by atoms with Crippen LogP contribution in [0.25, 0.3) is 0 Å². The van der Waals surface area contributed by atoms with E-state index in [4.69, 9.17) is 47.4 Å². The number of carbonyl (C=O) groups is 1. The van der Waals surface area contributed by atoms with Crippen LogP contribution in [0.5, 0.6) is 0 Å². The van der Waals surface area contributed by atoms with Crippen LogP contribution in [-0.4, -0.2) is 139 Å². The first-order valence-electron chi connectivity index (χ1n) is 23.2. The van der Waals surface area contributed by atoms with Crippen molar-refractivity contribution in [1.29, 1.82) is 0 Å². The Labute approximate surface area is 373 Å². The van der Waals surface area contributed by atoms with Crippen LogP contribution in [0.2, 0.25) is 0 Å². The highest BCUT2D eigenvalue weighted by molar-refractivity contribution is 6.06. The molecule has 354 valence electrons. The van der Waals surface area contributed by atoms with Crippen molar-refractivity contribution in [1.82, 2.24) is 0 Å². The predicted molar refractivity (Wildman–Crippen MR) is 231 cm³/mol. The molecule has 0 radical (unpaired) electrons. The van der Waals surface area contributed by atoms with Gasteiger partial charge in [0.2, 0.25) is 0 Å². The molecule has 7 aliphatic rings. The van der Waals surface area contributed by atoms with Gasteiger partial charge >= 0.3 is 5.97 Å². The molecule has 15 nitrogen and oxygen atoms in total. The fraction of sp³-hybridized carbons (Fsp3) is 0.792. The van der Waals surface area contributed by atoms with Crippen LogP contribution in [0, 0.1) is 23.7 Å². The monoisotopic (exact) mass is 888 g/mol. The SMILES string of the molecule is CCC(C)C1OC2(CCC1C)CC1CC(C/C=C(\C)C(OC3CC(OC)C(OC4CC(OC)C(O)C(C)O4)C(C)O3)C(C)/C=C/C=C3\COC4/C(=N/O)C(C)=CC(C(=O)O1)C34O)O2. The fourth-order valence-corrected chi connectivity index (χ4v) is 11.0. The molecule has 5 fully saturated rings. The number of carbonyl (C=O) groups excluding carboxylic acids is 1. The molecule has 5 saturated heterocycles. The Balaban J connectivity index is 1.19. The number of hydrogen-bond acceptors (Lipinski definition) is 15. The summed E-state index contributed by atoms with van der Waals surface area (Å²) in [5.74, 6) is -2.19. The largest absolute Gasteiger partial charge is 0.462 e. The smallest absolute Gasteiger partial charge is 0.316 e. The van der Waals surface area contributed by atoms with Gasteiger partial charge in [-0.3, -0.25) is 4.79 Å². The summed E-state index contributed by atoms with van der Waals surface area (Å²) in [5.41, 5.74) is 0.264. The Morgan fingerprint density at radius 1 is 0.968 bits per heavy atom. The molecular weight excluding hydrogens is 815 g/mol. The van der Waals surface area contributed by atoms with Crippen molar-refractivity contribution in [3.63, 3.8) is 0 Å². The number of ether oxygens (including phenoxy) is 10. The third-order valence-electron chi connectivity index (χ3n) is 14.9. The average molecular weight is 888 g/mol. The number of aliphatic hydroxyl groups excluding tert-OH is 1. The van der Waals surface area contributed by atoms with Gasteiger partial charge in [0.25, 0.3) is 0 Å². The summed E-state index contributed by atoms with van der Waals surface area (Å²) in [5, 5.41) is 36.7. The van der Waals surface area contributed by atoms with Gasteiger partial charge in [0.1, 0.15) is 41.6 Å². The van der Waals surface area contributed by atoms with Crippen molar-refractivity contribution in [3.8, 4) is 0 Å². The molecule has 19 atom stereocenters. The van der Waals surface area contributed by atoms with Crippen LogP contribution in [0.1, 0.15) is 107 Å². The summed E-state index contributed by atoms with van der Waals surface area (Å²) >= 11 is 0. The molecule has 0 saturated carbocycles. The summed E-state index contributed by atoms with van der Waals surface area (Å²) in [6.07, 6.45) is 7.36. The zero-order valence-corrected chi connectivity index (χ0v) is 38.8. The van der Waals surface area contributed by atoms with E-state index in [9.17, 15) is 20.2 Å². The van der Waals surface area contributed by atoms with Crippen molar-refractivity contribution in [2.24, 2.45) is 28.8 Å². The molecule has 7 rings (SSSR count). The van der Waals surface area contributed by atoms with E-state index in [-0.39, 0.29) is 36.5 Å². The lowest BCUT2D eigenvalue weighted by Gasteiger charge is -2.51. The highest BCUT2D eigenvalue weighted by atomic mass is 16.7. The first-order chi connectivity index (χ1) is 30.0. The molecule has 2 bridgehead atoms. The molecule has 1 spiro atoms. The fourth-order valence-electron chi connectivity index (χ4n) is 11.0. The van der Waals surface area contributed by atoms with E-state index in [0.717, 1.165) is 18.4 Å². The molecule has 0 aromatic heterocycles. The summed E-state index contributed by atoms with van der Waals surface area (Å²) < 4.78 is 64.0. The van der Waals surface area contributed by atoms with E-state index in [1.807, 2.05) is 26.0 Å². The molecule has 0 amide bonds. The van der Waals surface area contributed by atoms with E-state index in [0.29, 0.717) is 61.5 Å². The summed E-state index contributed by atoms with van der Waals surface area (Å²) in [7, 11) is 3.22. The number of oxime groups is 1. The minimum atomic E-state index is -1.86. The van der Waals surface area contributed by atoms with Gasteiger partial charge in [0.15, 0.2) is 18.4 Å². The Morgan fingerprint density at radius 3 is 2.40 bits per heavy atom. The molecule has 0 aromatic rings. The normalized spacial score (nSPS) is 48.3. The highest BCUT2D eigenvalue weighted by Gasteiger charge is 2.60. The zero-order chi connectivity index (χ0) is 45.4. The molecule has 6 heterocycles. The van der Waals surface area contributed by atoms with Gasteiger partial charge < -0.3 is 62.8 Å². The van der Waals surface area contributed by atoms with Crippen LogP contribution in [0.15, 0.2) is 52.3 Å². The second-order valence-electron chi connectivity index (χ2n) is 19.3. The number of rotatable bonds is 8. The van der Waals surface area contributed by atoms with Crippen LogP contribution < -0.4 is 0 Å². The van der Waals surface area contributed by atoms with E-state index >= 15 is 0 Å². The Kier molecular flexibility index (Phi) is 15.5. The minimum Gasteiger partial charge on any atom is -0.462 e. The molecule has 63 heavy (non-hydrogen) atoms. The van der Waals surface area contributed by atoms with Crippen LogP contribution in [0.4, 0.5) is 0 Å². The van der Waals surface area contributed by atoms with Crippen molar-refractivity contribution < 1.29 is 67.6 Å². The lowest BCUT2D eigenvalue weighted by Crippen LogP contribution is -2.57. The van der Waals surface area contributed by atoms with Crippen molar-refractivity contribution in [3.05, 3.63) is 47.1 Å². The van der Waals surface area contributed by atoms with E-state index in [2.05, 4.69) is 38.9 Å². The predicted octanol–water partition coefficient (Wildman–Crippen LogP) is 6.07.